The summed E-state index contributed by atoms with van der Waals surface area (Å²) in [7, 11) is 0. The van der Waals surface area contributed by atoms with E-state index in [1.165, 1.54) is 0 Å². The maximum atomic E-state index is 12.0. The first-order valence-corrected chi connectivity index (χ1v) is 5.69. The minimum Gasteiger partial charge on any atom is -0.281 e. The smallest absolute Gasteiger partial charge is 0.254 e. The predicted molar refractivity (Wildman–Crippen MR) is 63.7 cm³/mol. The molecule has 0 aromatic carbocycles. The van der Waals surface area contributed by atoms with Gasteiger partial charge in [-0.3, -0.25) is 10.0 Å². The molecule has 1 aliphatic rings. The zero-order valence-corrected chi connectivity index (χ0v) is 11.2. The molecule has 0 radical (unpaired) electrons. The van der Waals surface area contributed by atoms with Gasteiger partial charge < -0.3 is 0 Å². The van der Waals surface area contributed by atoms with Crippen LogP contribution in [0.25, 0.3) is 0 Å². The van der Waals surface area contributed by atoms with E-state index in [0.717, 1.165) is 5.06 Å². The molecule has 2 unspecified atom stereocenters. The number of nitrogens with zero attached hydrogens (tertiary/aromatic N) is 1. The van der Waals surface area contributed by atoms with E-state index < -0.39 is 0 Å². The Morgan fingerprint density at radius 1 is 1.06 bits per heavy atom. The van der Waals surface area contributed by atoms with Crippen LogP contribution in [0.2, 0.25) is 0 Å². The van der Waals surface area contributed by atoms with Gasteiger partial charge in [-0.25, -0.2) is 0 Å². The van der Waals surface area contributed by atoms with E-state index in [-0.39, 0.29) is 28.6 Å². The maximum absolute atomic E-state index is 12.0. The van der Waals surface area contributed by atoms with Crippen LogP contribution < -0.4 is 0 Å². The normalized spacial score (nSPS) is 27.8. The summed E-state index contributed by atoms with van der Waals surface area (Å²) in [6.07, 6.45) is 0. The molecule has 1 heterocycles. The number of carbonyl (C=O) groups excluding carboxylic acids is 1. The van der Waals surface area contributed by atoms with Gasteiger partial charge in [0, 0.05) is 11.6 Å². The van der Waals surface area contributed by atoms with Crippen molar-refractivity contribution in [3.8, 4) is 0 Å². The van der Waals surface area contributed by atoms with Crippen LogP contribution in [0.15, 0.2) is 12.3 Å². The van der Waals surface area contributed by atoms with Gasteiger partial charge in [0.1, 0.15) is 0 Å². The number of hydroxylamine groups is 2. The lowest BCUT2D eigenvalue weighted by molar-refractivity contribution is -0.157. The van der Waals surface area contributed by atoms with Crippen molar-refractivity contribution >= 4 is 5.91 Å². The molecule has 2 atom stereocenters. The Kier molecular flexibility index (Phi) is 2.97. The van der Waals surface area contributed by atoms with Gasteiger partial charge in [-0.05, 0) is 10.8 Å². The minimum atomic E-state index is -0.225. The highest BCUT2D eigenvalue weighted by molar-refractivity contribution is 5.84. The number of rotatable bonds is 0. The first-order valence-electron chi connectivity index (χ1n) is 5.69. The highest BCUT2D eigenvalue weighted by Gasteiger charge is 2.53. The fourth-order valence-corrected chi connectivity index (χ4v) is 2.61. The van der Waals surface area contributed by atoms with Crippen LogP contribution in [0.1, 0.15) is 41.5 Å². The van der Waals surface area contributed by atoms with Crippen molar-refractivity contribution < 1.29 is 10.0 Å². The molecule has 0 aliphatic carbocycles. The minimum absolute atomic E-state index is 0.00926. The zero-order valence-electron chi connectivity index (χ0n) is 11.2. The summed E-state index contributed by atoms with van der Waals surface area (Å²) < 4.78 is 0. The fraction of sp³-hybridized carbons (Fsp3) is 0.769. The van der Waals surface area contributed by atoms with Gasteiger partial charge in [0.25, 0.3) is 5.91 Å². The predicted octanol–water partition coefficient (Wildman–Crippen LogP) is 3.06. The third kappa shape index (κ3) is 2.01. The molecule has 0 aromatic rings. The van der Waals surface area contributed by atoms with Gasteiger partial charge in [-0.15, -0.1) is 0 Å². The second-order valence-electron chi connectivity index (χ2n) is 6.83. The summed E-state index contributed by atoms with van der Waals surface area (Å²) in [5.41, 5.74) is 0.273. The van der Waals surface area contributed by atoms with E-state index in [2.05, 4.69) is 27.4 Å². The van der Waals surface area contributed by atoms with Gasteiger partial charge in [0.05, 0.1) is 5.92 Å². The van der Waals surface area contributed by atoms with E-state index in [1.807, 2.05) is 20.8 Å². The SMILES string of the molecule is C=C1C(C(C)(C)C)C(C(C)(C)C)C(=O)N1O. The second-order valence-corrected chi connectivity index (χ2v) is 6.83. The molecule has 3 nitrogen and oxygen atoms in total. The lowest BCUT2D eigenvalue weighted by atomic mass is 9.65. The molecule has 1 amide bonds. The van der Waals surface area contributed by atoms with Crippen LogP contribution in [0.3, 0.4) is 0 Å². The van der Waals surface area contributed by atoms with Gasteiger partial charge in [0.15, 0.2) is 0 Å². The van der Waals surface area contributed by atoms with Crippen molar-refractivity contribution in [3.63, 3.8) is 0 Å². The van der Waals surface area contributed by atoms with Crippen molar-refractivity contribution in [2.24, 2.45) is 22.7 Å². The standard InChI is InChI=1S/C13H23NO2/c1-8-9(12(2,3)4)10(13(5,6)7)11(15)14(8)16/h9-10,16H,1H2,2-7H3. The third-order valence-corrected chi connectivity index (χ3v) is 3.31. The van der Waals surface area contributed by atoms with Crippen molar-refractivity contribution in [1.82, 2.24) is 5.06 Å². The summed E-state index contributed by atoms with van der Waals surface area (Å²) in [6.45, 7) is 16.2. The van der Waals surface area contributed by atoms with E-state index >= 15 is 0 Å². The molecule has 1 rings (SSSR count). The summed E-state index contributed by atoms with van der Waals surface area (Å²) in [4.78, 5) is 12.0. The van der Waals surface area contributed by atoms with Crippen LogP contribution in [-0.4, -0.2) is 16.2 Å². The second kappa shape index (κ2) is 3.59. The van der Waals surface area contributed by atoms with Gasteiger partial charge in [0.2, 0.25) is 0 Å². The maximum Gasteiger partial charge on any atom is 0.254 e. The largest absolute Gasteiger partial charge is 0.281 e. The average molecular weight is 225 g/mol. The van der Waals surface area contributed by atoms with E-state index in [9.17, 15) is 10.0 Å². The van der Waals surface area contributed by atoms with Crippen LogP contribution in [0.5, 0.6) is 0 Å². The molecule has 92 valence electrons. The first-order chi connectivity index (χ1) is 6.98. The van der Waals surface area contributed by atoms with Crippen molar-refractivity contribution in [2.75, 3.05) is 0 Å². The van der Waals surface area contributed by atoms with Crippen LogP contribution in [0, 0.1) is 22.7 Å². The highest BCUT2D eigenvalue weighted by atomic mass is 16.5. The summed E-state index contributed by atoms with van der Waals surface area (Å²) in [5.74, 6) is -0.438. The number of hydrogen-bond acceptors (Lipinski definition) is 2. The highest BCUT2D eigenvalue weighted by Crippen LogP contribution is 2.50. The lowest BCUT2D eigenvalue weighted by Crippen LogP contribution is -2.36. The van der Waals surface area contributed by atoms with Crippen LogP contribution >= 0.6 is 0 Å². The molecule has 1 fully saturated rings. The monoisotopic (exact) mass is 225 g/mol. The molecule has 0 spiro atoms. The molecule has 16 heavy (non-hydrogen) atoms. The Balaban J connectivity index is 3.23. The molecule has 1 aliphatic heterocycles. The molecule has 1 saturated heterocycles. The van der Waals surface area contributed by atoms with Crippen molar-refractivity contribution in [2.45, 2.75) is 41.5 Å². The van der Waals surface area contributed by atoms with E-state index in [1.54, 1.807) is 0 Å². The molecular weight excluding hydrogens is 202 g/mol. The van der Waals surface area contributed by atoms with Gasteiger partial charge in [-0.1, -0.05) is 48.1 Å². The fourth-order valence-electron chi connectivity index (χ4n) is 2.61. The molecule has 0 bridgehead atoms. The quantitative estimate of drug-likeness (QED) is 0.644. The molecule has 0 aromatic heterocycles. The Morgan fingerprint density at radius 2 is 1.44 bits per heavy atom. The number of carbonyl (C=O) groups is 1. The Morgan fingerprint density at radius 3 is 1.69 bits per heavy atom. The summed E-state index contributed by atoms with van der Waals surface area (Å²) in [5, 5.41) is 10.5. The van der Waals surface area contributed by atoms with Crippen LogP contribution in [0.4, 0.5) is 0 Å². The average Bonchev–Trinajstić information content (AvgIpc) is 2.27. The van der Waals surface area contributed by atoms with E-state index in [0.29, 0.717) is 5.70 Å². The molecular formula is C13H23NO2. The molecule has 0 saturated carbocycles. The van der Waals surface area contributed by atoms with Crippen LogP contribution in [-0.2, 0) is 4.79 Å². The van der Waals surface area contributed by atoms with Crippen molar-refractivity contribution in [1.29, 1.82) is 0 Å². The Hall–Kier alpha value is -0.830. The Labute approximate surface area is 98.1 Å². The Bertz CT molecular complexity index is 288. The summed E-state index contributed by atoms with van der Waals surface area (Å²) in [6, 6.07) is 0. The first kappa shape index (κ1) is 13.2. The zero-order chi connectivity index (χ0) is 12.9. The third-order valence-electron chi connectivity index (χ3n) is 3.31. The molecule has 1 N–H and O–H groups in total. The number of amides is 1. The number of allylic oxidation sites excluding steroid dienone is 1. The van der Waals surface area contributed by atoms with Gasteiger partial charge >= 0.3 is 0 Å². The van der Waals surface area contributed by atoms with Gasteiger partial charge in [-0.2, -0.15) is 5.06 Å². The summed E-state index contributed by atoms with van der Waals surface area (Å²) >= 11 is 0. The number of hydrogen-bond donors (Lipinski definition) is 1. The topological polar surface area (TPSA) is 40.5 Å². The lowest BCUT2D eigenvalue weighted by Gasteiger charge is -2.37. The van der Waals surface area contributed by atoms with Crippen molar-refractivity contribution in [3.05, 3.63) is 12.3 Å². The van der Waals surface area contributed by atoms with E-state index in [4.69, 9.17) is 0 Å². The molecule has 3 heteroatoms.